The molecule has 96 valence electrons. The van der Waals surface area contributed by atoms with E-state index in [4.69, 9.17) is 0 Å². The topological polar surface area (TPSA) is 60.9 Å². The Balaban J connectivity index is 2.04. The molecule has 4 nitrogen and oxygen atoms in total. The second-order valence-corrected chi connectivity index (χ2v) is 4.45. The summed E-state index contributed by atoms with van der Waals surface area (Å²) in [4.78, 5) is 7.37. The van der Waals surface area contributed by atoms with Gasteiger partial charge in [-0.15, -0.1) is 0 Å². The highest BCUT2D eigenvalue weighted by Crippen LogP contribution is 2.20. The van der Waals surface area contributed by atoms with Crippen molar-refractivity contribution in [3.63, 3.8) is 0 Å². The van der Waals surface area contributed by atoms with Crippen molar-refractivity contribution < 1.29 is 5.11 Å². The molecule has 4 heteroatoms. The fourth-order valence-corrected chi connectivity index (χ4v) is 1.99. The van der Waals surface area contributed by atoms with Crippen molar-refractivity contribution >= 4 is 0 Å². The summed E-state index contributed by atoms with van der Waals surface area (Å²) >= 11 is 0. The number of aromatic nitrogens is 2. The third-order valence-electron chi connectivity index (χ3n) is 3.03. The van der Waals surface area contributed by atoms with Crippen LogP contribution >= 0.6 is 0 Å². The summed E-state index contributed by atoms with van der Waals surface area (Å²) in [6.07, 6.45) is 4.52. The van der Waals surface area contributed by atoms with Gasteiger partial charge in [-0.3, -0.25) is 0 Å². The Morgan fingerprint density at radius 2 is 2.28 bits per heavy atom. The first-order chi connectivity index (χ1) is 8.70. The molecule has 18 heavy (non-hydrogen) atoms. The largest absolute Gasteiger partial charge is 0.508 e. The Kier molecular flexibility index (Phi) is 3.99. The van der Waals surface area contributed by atoms with E-state index in [9.17, 15) is 5.11 Å². The highest BCUT2D eigenvalue weighted by Gasteiger charge is 2.11. The SMILES string of the molecule is CCC(NCc1cc(C)ccc1O)c1ncc[nH]1. The number of nitrogens with one attached hydrogen (secondary N) is 2. The average molecular weight is 245 g/mol. The van der Waals surface area contributed by atoms with E-state index in [0.29, 0.717) is 12.3 Å². The number of phenolic OH excluding ortho intramolecular Hbond substituents is 1. The maximum absolute atomic E-state index is 9.79. The van der Waals surface area contributed by atoms with Crippen LogP contribution in [-0.4, -0.2) is 15.1 Å². The fraction of sp³-hybridized carbons (Fsp3) is 0.357. The zero-order chi connectivity index (χ0) is 13.0. The molecule has 0 saturated heterocycles. The molecule has 3 N–H and O–H groups in total. The van der Waals surface area contributed by atoms with E-state index in [-0.39, 0.29) is 6.04 Å². The van der Waals surface area contributed by atoms with Gasteiger partial charge < -0.3 is 15.4 Å². The molecule has 1 aromatic carbocycles. The molecule has 0 aliphatic rings. The Hall–Kier alpha value is -1.81. The van der Waals surface area contributed by atoms with Crippen LogP contribution in [0, 0.1) is 6.92 Å². The van der Waals surface area contributed by atoms with Gasteiger partial charge in [0.15, 0.2) is 0 Å². The van der Waals surface area contributed by atoms with Crippen molar-refractivity contribution in [2.75, 3.05) is 0 Å². The van der Waals surface area contributed by atoms with Gasteiger partial charge in [-0.05, 0) is 19.4 Å². The van der Waals surface area contributed by atoms with E-state index in [1.54, 1.807) is 12.3 Å². The van der Waals surface area contributed by atoms with E-state index < -0.39 is 0 Å². The van der Waals surface area contributed by atoms with Crippen molar-refractivity contribution in [1.29, 1.82) is 0 Å². The number of aryl methyl sites for hydroxylation is 1. The quantitative estimate of drug-likeness (QED) is 0.759. The van der Waals surface area contributed by atoms with Crippen LogP contribution in [0.3, 0.4) is 0 Å². The van der Waals surface area contributed by atoms with Gasteiger partial charge >= 0.3 is 0 Å². The molecule has 1 heterocycles. The van der Waals surface area contributed by atoms with Crippen LogP contribution in [0.4, 0.5) is 0 Å². The van der Waals surface area contributed by atoms with E-state index >= 15 is 0 Å². The Labute approximate surface area is 107 Å². The van der Waals surface area contributed by atoms with Gasteiger partial charge in [-0.1, -0.05) is 24.6 Å². The summed E-state index contributed by atoms with van der Waals surface area (Å²) in [7, 11) is 0. The van der Waals surface area contributed by atoms with Gasteiger partial charge in [0.2, 0.25) is 0 Å². The van der Waals surface area contributed by atoms with Gasteiger partial charge in [-0.2, -0.15) is 0 Å². The first-order valence-electron chi connectivity index (χ1n) is 6.22. The van der Waals surface area contributed by atoms with Crippen molar-refractivity contribution in [2.45, 2.75) is 32.9 Å². The molecule has 0 spiro atoms. The van der Waals surface area contributed by atoms with E-state index in [2.05, 4.69) is 22.2 Å². The van der Waals surface area contributed by atoms with Gasteiger partial charge in [-0.25, -0.2) is 4.98 Å². The lowest BCUT2D eigenvalue weighted by atomic mass is 10.1. The second-order valence-electron chi connectivity index (χ2n) is 4.45. The first-order valence-corrected chi connectivity index (χ1v) is 6.22. The van der Waals surface area contributed by atoms with Crippen LogP contribution in [0.15, 0.2) is 30.6 Å². The zero-order valence-electron chi connectivity index (χ0n) is 10.8. The first kappa shape index (κ1) is 12.6. The summed E-state index contributed by atoms with van der Waals surface area (Å²) in [6, 6.07) is 5.82. The number of benzene rings is 1. The Morgan fingerprint density at radius 3 is 2.94 bits per heavy atom. The van der Waals surface area contributed by atoms with Crippen LogP contribution in [0.5, 0.6) is 5.75 Å². The number of aromatic amines is 1. The maximum Gasteiger partial charge on any atom is 0.123 e. The molecule has 0 saturated carbocycles. The second kappa shape index (κ2) is 5.69. The summed E-state index contributed by atoms with van der Waals surface area (Å²) < 4.78 is 0. The van der Waals surface area contributed by atoms with Crippen LogP contribution in [-0.2, 0) is 6.54 Å². The normalized spacial score (nSPS) is 12.6. The number of phenols is 1. The molecule has 1 unspecified atom stereocenters. The average Bonchev–Trinajstić information content (AvgIpc) is 2.88. The number of hydrogen-bond acceptors (Lipinski definition) is 3. The third kappa shape index (κ3) is 2.90. The highest BCUT2D eigenvalue weighted by atomic mass is 16.3. The van der Waals surface area contributed by atoms with Gasteiger partial charge in [0.1, 0.15) is 11.6 Å². The van der Waals surface area contributed by atoms with Crippen molar-refractivity contribution in [2.24, 2.45) is 0 Å². The lowest BCUT2D eigenvalue weighted by Gasteiger charge is -2.15. The molecule has 0 aliphatic carbocycles. The minimum atomic E-state index is 0.180. The molecular weight excluding hydrogens is 226 g/mol. The van der Waals surface area contributed by atoms with Crippen molar-refractivity contribution in [3.05, 3.63) is 47.5 Å². The monoisotopic (exact) mass is 245 g/mol. The molecule has 0 aliphatic heterocycles. The number of H-pyrrole nitrogens is 1. The predicted molar refractivity (Wildman–Crippen MR) is 71.3 cm³/mol. The lowest BCUT2D eigenvalue weighted by molar-refractivity contribution is 0.451. The van der Waals surface area contributed by atoms with Crippen molar-refractivity contribution in [3.8, 4) is 5.75 Å². The van der Waals surface area contributed by atoms with Gasteiger partial charge in [0.25, 0.3) is 0 Å². The molecule has 0 amide bonds. The summed E-state index contributed by atoms with van der Waals surface area (Å²) in [6.45, 7) is 4.76. The number of nitrogens with zero attached hydrogens (tertiary/aromatic N) is 1. The predicted octanol–water partition coefficient (Wildman–Crippen LogP) is 2.66. The third-order valence-corrected chi connectivity index (χ3v) is 3.03. The summed E-state index contributed by atoms with van der Waals surface area (Å²) in [5, 5.41) is 13.2. The summed E-state index contributed by atoms with van der Waals surface area (Å²) in [5.74, 6) is 1.27. The molecular formula is C14H19N3O. The molecule has 2 aromatic rings. The molecule has 0 fully saturated rings. The molecule has 1 aromatic heterocycles. The molecule has 0 radical (unpaired) electrons. The van der Waals surface area contributed by atoms with Crippen LogP contribution in [0.25, 0.3) is 0 Å². The highest BCUT2D eigenvalue weighted by molar-refractivity contribution is 5.35. The minimum absolute atomic E-state index is 0.180. The van der Waals surface area contributed by atoms with Gasteiger partial charge in [0, 0.05) is 24.5 Å². The summed E-state index contributed by atoms with van der Waals surface area (Å²) in [5.41, 5.74) is 2.07. The Morgan fingerprint density at radius 1 is 1.44 bits per heavy atom. The zero-order valence-corrected chi connectivity index (χ0v) is 10.8. The fourth-order valence-electron chi connectivity index (χ4n) is 1.99. The van der Waals surface area contributed by atoms with Crippen molar-refractivity contribution in [1.82, 2.24) is 15.3 Å². The van der Waals surface area contributed by atoms with E-state index in [1.807, 2.05) is 25.3 Å². The number of aromatic hydroxyl groups is 1. The lowest BCUT2D eigenvalue weighted by Crippen LogP contribution is -2.21. The number of hydrogen-bond donors (Lipinski definition) is 3. The standard InChI is InChI=1S/C14H19N3O/c1-3-12(14-15-6-7-16-14)17-9-11-8-10(2)4-5-13(11)18/h4-8,12,17-18H,3,9H2,1-2H3,(H,15,16). The Bertz CT molecular complexity index is 494. The van der Waals surface area contributed by atoms with Crippen LogP contribution < -0.4 is 5.32 Å². The van der Waals surface area contributed by atoms with Crippen LogP contribution in [0.1, 0.15) is 36.3 Å². The van der Waals surface area contributed by atoms with Gasteiger partial charge in [0.05, 0.1) is 6.04 Å². The number of imidazole rings is 1. The van der Waals surface area contributed by atoms with Crippen LogP contribution in [0.2, 0.25) is 0 Å². The van der Waals surface area contributed by atoms with E-state index in [0.717, 1.165) is 23.4 Å². The molecule has 2 rings (SSSR count). The maximum atomic E-state index is 9.79. The minimum Gasteiger partial charge on any atom is -0.508 e. The number of rotatable bonds is 5. The molecule has 1 atom stereocenters. The molecule has 0 bridgehead atoms. The van der Waals surface area contributed by atoms with E-state index in [1.165, 1.54) is 0 Å². The smallest absolute Gasteiger partial charge is 0.123 e.